The van der Waals surface area contributed by atoms with E-state index in [1.54, 1.807) is 0 Å². The zero-order valence-corrected chi connectivity index (χ0v) is 14.3. The molecule has 0 bridgehead atoms. The molecule has 1 heterocycles. The molecule has 4 N–H and O–H groups in total. The quantitative estimate of drug-likeness (QED) is 0.514. The Morgan fingerprint density at radius 3 is 2.35 bits per heavy atom. The summed E-state index contributed by atoms with van der Waals surface area (Å²) in [6.07, 6.45) is 3.05. The van der Waals surface area contributed by atoms with Crippen molar-refractivity contribution < 1.29 is 24.8 Å². The standard InChI is InChI=1S/C20H20O6/c1-2-3-4-5-14-19(25)18-16(24)9-12(22)10-17(18)26-20(14)13-7-6-11(21)8-15(13)23/h6-10,21-24H,2-5H2,1H3. The first-order valence-electron chi connectivity index (χ1n) is 8.46. The van der Waals surface area contributed by atoms with E-state index < -0.39 is 5.43 Å². The molecule has 0 atom stereocenters. The molecule has 6 heteroatoms. The maximum Gasteiger partial charge on any atom is 0.200 e. The number of phenolic OH excluding ortho intramolecular Hbond substituents is 4. The van der Waals surface area contributed by atoms with Crippen molar-refractivity contribution in [2.75, 3.05) is 0 Å². The normalized spacial score (nSPS) is 11.1. The summed E-state index contributed by atoms with van der Waals surface area (Å²) in [7, 11) is 0. The summed E-state index contributed by atoms with van der Waals surface area (Å²) < 4.78 is 5.81. The summed E-state index contributed by atoms with van der Waals surface area (Å²) >= 11 is 0. The molecule has 0 spiro atoms. The van der Waals surface area contributed by atoms with E-state index in [1.807, 2.05) is 6.92 Å². The van der Waals surface area contributed by atoms with Crippen LogP contribution < -0.4 is 5.43 Å². The van der Waals surface area contributed by atoms with Crippen molar-refractivity contribution in [2.45, 2.75) is 32.6 Å². The van der Waals surface area contributed by atoms with Crippen molar-refractivity contribution in [2.24, 2.45) is 0 Å². The number of phenols is 4. The summed E-state index contributed by atoms with van der Waals surface area (Å²) in [5, 5.41) is 39.5. The van der Waals surface area contributed by atoms with Gasteiger partial charge in [-0.3, -0.25) is 4.79 Å². The third-order valence-electron chi connectivity index (χ3n) is 4.31. The minimum absolute atomic E-state index is 0.00341. The number of hydrogen-bond donors (Lipinski definition) is 4. The van der Waals surface area contributed by atoms with Crippen LogP contribution in [0.25, 0.3) is 22.3 Å². The molecule has 2 aromatic carbocycles. The summed E-state index contributed by atoms with van der Waals surface area (Å²) in [6, 6.07) is 6.34. The highest BCUT2D eigenvalue weighted by Crippen LogP contribution is 2.37. The summed E-state index contributed by atoms with van der Waals surface area (Å²) in [5.74, 6) is -0.767. The first-order valence-corrected chi connectivity index (χ1v) is 8.46. The van der Waals surface area contributed by atoms with E-state index in [9.17, 15) is 25.2 Å². The summed E-state index contributed by atoms with van der Waals surface area (Å²) in [4.78, 5) is 13.0. The Balaban J connectivity index is 2.31. The second-order valence-corrected chi connectivity index (χ2v) is 6.24. The highest BCUT2D eigenvalue weighted by molar-refractivity contribution is 5.87. The Morgan fingerprint density at radius 2 is 1.65 bits per heavy atom. The molecule has 3 rings (SSSR count). The van der Waals surface area contributed by atoms with E-state index in [4.69, 9.17) is 4.42 Å². The van der Waals surface area contributed by atoms with E-state index in [0.717, 1.165) is 31.4 Å². The molecule has 1 aromatic heterocycles. The lowest BCUT2D eigenvalue weighted by Crippen LogP contribution is -2.11. The van der Waals surface area contributed by atoms with Gasteiger partial charge in [0.25, 0.3) is 0 Å². The molecule has 26 heavy (non-hydrogen) atoms. The minimum Gasteiger partial charge on any atom is -0.508 e. The zero-order valence-electron chi connectivity index (χ0n) is 14.3. The third kappa shape index (κ3) is 3.18. The first-order chi connectivity index (χ1) is 12.4. The highest BCUT2D eigenvalue weighted by atomic mass is 16.3. The van der Waals surface area contributed by atoms with Crippen LogP contribution in [0.5, 0.6) is 23.0 Å². The Labute approximate surface area is 149 Å². The van der Waals surface area contributed by atoms with Gasteiger partial charge < -0.3 is 24.8 Å². The molecule has 0 saturated carbocycles. The third-order valence-corrected chi connectivity index (χ3v) is 4.31. The average Bonchev–Trinajstić information content (AvgIpc) is 2.56. The van der Waals surface area contributed by atoms with Gasteiger partial charge in [0.15, 0.2) is 5.43 Å². The van der Waals surface area contributed by atoms with Crippen LogP contribution in [-0.4, -0.2) is 20.4 Å². The largest absolute Gasteiger partial charge is 0.508 e. The topological polar surface area (TPSA) is 111 Å². The molecule has 0 fully saturated rings. The fourth-order valence-corrected chi connectivity index (χ4v) is 3.03. The average molecular weight is 356 g/mol. The fourth-order valence-electron chi connectivity index (χ4n) is 3.03. The predicted octanol–water partition coefficient (Wildman–Crippen LogP) is 4.02. The number of rotatable bonds is 5. The van der Waals surface area contributed by atoms with Gasteiger partial charge in [-0.25, -0.2) is 0 Å². The second-order valence-electron chi connectivity index (χ2n) is 6.24. The molecule has 0 radical (unpaired) electrons. The van der Waals surface area contributed by atoms with Crippen LogP contribution >= 0.6 is 0 Å². The molecule has 0 unspecified atom stereocenters. The van der Waals surface area contributed by atoms with Gasteiger partial charge in [0.2, 0.25) is 0 Å². The van der Waals surface area contributed by atoms with Crippen molar-refractivity contribution in [1.82, 2.24) is 0 Å². The van der Waals surface area contributed by atoms with E-state index in [1.165, 1.54) is 18.2 Å². The Bertz CT molecular complexity index is 1020. The highest BCUT2D eigenvalue weighted by Gasteiger charge is 2.21. The predicted molar refractivity (Wildman–Crippen MR) is 97.8 cm³/mol. The maximum atomic E-state index is 13.0. The van der Waals surface area contributed by atoms with Gasteiger partial charge in [-0.2, -0.15) is 0 Å². The number of benzene rings is 2. The van der Waals surface area contributed by atoms with Crippen molar-refractivity contribution >= 4 is 11.0 Å². The summed E-state index contributed by atoms with van der Waals surface area (Å²) in [6.45, 7) is 2.05. The molecule has 136 valence electrons. The van der Waals surface area contributed by atoms with E-state index >= 15 is 0 Å². The number of aromatic hydroxyl groups is 4. The Hall–Kier alpha value is -3.15. The molecule has 0 amide bonds. The van der Waals surface area contributed by atoms with E-state index in [0.29, 0.717) is 12.0 Å². The van der Waals surface area contributed by atoms with Gasteiger partial charge in [-0.15, -0.1) is 0 Å². The molecule has 0 aliphatic rings. The number of unbranched alkanes of at least 4 members (excludes halogenated alkanes) is 2. The minimum atomic E-state index is -0.401. The maximum absolute atomic E-state index is 13.0. The van der Waals surface area contributed by atoms with Gasteiger partial charge >= 0.3 is 0 Å². The Kier molecular flexibility index (Phi) is 4.75. The van der Waals surface area contributed by atoms with Crippen molar-refractivity contribution in [3.63, 3.8) is 0 Å². The lowest BCUT2D eigenvalue weighted by molar-refractivity contribution is 0.449. The smallest absolute Gasteiger partial charge is 0.200 e. The van der Waals surface area contributed by atoms with Crippen molar-refractivity contribution in [3.8, 4) is 34.3 Å². The van der Waals surface area contributed by atoms with Gasteiger partial charge in [-0.1, -0.05) is 19.8 Å². The van der Waals surface area contributed by atoms with Crippen LogP contribution in [0.4, 0.5) is 0 Å². The molecule has 3 aromatic rings. The zero-order chi connectivity index (χ0) is 18.8. The van der Waals surface area contributed by atoms with Crippen molar-refractivity contribution in [1.29, 1.82) is 0 Å². The molecule has 0 saturated heterocycles. The van der Waals surface area contributed by atoms with E-state index in [2.05, 4.69) is 0 Å². The van der Waals surface area contributed by atoms with Crippen LogP contribution in [-0.2, 0) is 6.42 Å². The van der Waals surface area contributed by atoms with Crippen molar-refractivity contribution in [3.05, 3.63) is 46.1 Å². The number of fused-ring (bicyclic) bond motifs is 1. The van der Waals surface area contributed by atoms with Crippen LogP contribution in [0.15, 0.2) is 39.5 Å². The van der Waals surface area contributed by atoms with Gasteiger partial charge in [0.1, 0.15) is 39.7 Å². The molecular weight excluding hydrogens is 336 g/mol. The molecule has 0 aliphatic heterocycles. The van der Waals surface area contributed by atoms with E-state index in [-0.39, 0.29) is 45.3 Å². The Morgan fingerprint density at radius 1 is 0.923 bits per heavy atom. The number of hydrogen-bond acceptors (Lipinski definition) is 6. The molecule has 0 aliphatic carbocycles. The van der Waals surface area contributed by atoms with Crippen LogP contribution in [0, 0.1) is 0 Å². The monoisotopic (exact) mass is 356 g/mol. The SMILES string of the molecule is CCCCCc1c(-c2ccc(O)cc2O)oc2cc(O)cc(O)c2c1=O. The van der Waals surface area contributed by atoms with Crippen LogP contribution in [0.3, 0.4) is 0 Å². The van der Waals surface area contributed by atoms with Gasteiger partial charge in [0, 0.05) is 23.8 Å². The lowest BCUT2D eigenvalue weighted by atomic mass is 9.99. The van der Waals surface area contributed by atoms with Gasteiger partial charge in [-0.05, 0) is 25.0 Å². The van der Waals surface area contributed by atoms with Gasteiger partial charge in [0.05, 0.1) is 5.56 Å². The lowest BCUT2D eigenvalue weighted by Gasteiger charge is -2.12. The van der Waals surface area contributed by atoms with Crippen LogP contribution in [0.1, 0.15) is 31.7 Å². The first kappa shape index (κ1) is 17.7. The van der Waals surface area contributed by atoms with Crippen LogP contribution in [0.2, 0.25) is 0 Å². The summed E-state index contributed by atoms with van der Waals surface area (Å²) in [5.41, 5.74) is 0.223. The molecular formula is C20H20O6. The fraction of sp³-hybridized carbons (Fsp3) is 0.250. The second kappa shape index (κ2) is 7.00. The molecule has 6 nitrogen and oxygen atoms in total.